The summed E-state index contributed by atoms with van der Waals surface area (Å²) in [5, 5.41) is 8.01. The molecule has 0 bridgehead atoms. The molecule has 1 aliphatic heterocycles. The van der Waals surface area contributed by atoms with Gasteiger partial charge in [0.05, 0.1) is 13.4 Å². The van der Waals surface area contributed by atoms with E-state index in [1.54, 1.807) is 27.8 Å². The minimum atomic E-state index is -0.610. The Morgan fingerprint density at radius 2 is 1.83 bits per heavy atom. The number of hydrogen-bond donors (Lipinski definition) is 1. The Kier molecular flexibility index (Phi) is 11.2. The maximum absolute atomic E-state index is 13.5. The zero-order valence-electron chi connectivity index (χ0n) is 27.4. The van der Waals surface area contributed by atoms with Crippen LogP contribution in [0.1, 0.15) is 82.0 Å². The number of Topliss-reactive ketones (excluding diaryl/α,β-unsaturated/α-hetero) is 1. The lowest BCUT2D eigenvalue weighted by molar-refractivity contribution is -0.137. The number of nitrogens with one attached hydrogen (secondary N) is 1. The predicted molar refractivity (Wildman–Crippen MR) is 187 cm³/mol. The van der Waals surface area contributed by atoms with Gasteiger partial charge in [0.2, 0.25) is 11.8 Å². The number of benzene rings is 1. The summed E-state index contributed by atoms with van der Waals surface area (Å²) in [5.74, 6) is 2.01. The number of ketones is 1. The number of carbonyl (C=O) groups excluding carboxylic acids is 3. The fraction of sp³-hybridized carbons (Fsp3) is 0.457. The topological polar surface area (TPSA) is 123 Å². The molecule has 1 aliphatic carbocycles. The first kappa shape index (κ1) is 34.4. The van der Waals surface area contributed by atoms with Crippen LogP contribution < -0.4 is 5.32 Å². The highest BCUT2D eigenvalue weighted by atomic mass is 79.9. The molecule has 2 fully saturated rings. The third-order valence-electron chi connectivity index (χ3n) is 9.07. The van der Waals surface area contributed by atoms with Crippen molar-refractivity contribution in [1.29, 1.82) is 0 Å². The number of rotatable bonds is 10. The summed E-state index contributed by atoms with van der Waals surface area (Å²) in [6, 6.07) is 10.4. The van der Waals surface area contributed by atoms with Crippen molar-refractivity contribution in [2.45, 2.75) is 84.6 Å². The summed E-state index contributed by atoms with van der Waals surface area (Å²) in [6.07, 6.45) is 9.03. The van der Waals surface area contributed by atoms with E-state index in [1.165, 1.54) is 13.3 Å². The van der Waals surface area contributed by atoms with E-state index in [2.05, 4.69) is 38.3 Å². The highest BCUT2D eigenvalue weighted by molar-refractivity contribution is 9.10. The van der Waals surface area contributed by atoms with Crippen LogP contribution in [0, 0.1) is 11.8 Å². The quantitative estimate of drug-likeness (QED) is 0.112. The van der Waals surface area contributed by atoms with Gasteiger partial charge in [-0.2, -0.15) is 5.10 Å². The van der Waals surface area contributed by atoms with Crippen LogP contribution in [-0.4, -0.2) is 67.7 Å². The lowest BCUT2D eigenvalue weighted by atomic mass is 9.68. The fourth-order valence-electron chi connectivity index (χ4n) is 6.47. The molecule has 2 aliphatic rings. The van der Waals surface area contributed by atoms with E-state index in [0.29, 0.717) is 70.5 Å². The molecule has 3 aromatic heterocycles. The summed E-state index contributed by atoms with van der Waals surface area (Å²) >= 11 is 3.31. The Hall–Kier alpha value is -3.93. The standard InChI is InChI=1S/C33H35BBrN7O3.C2H6/c1-19(15-34)13-22-8-10-24(22)32-36-16-23(17-37-32)21-9-11-26-25(14-21)31(20(2)43)40-42(26)18-30(44)41-12-4-5-27(41)33(45)39-29-7-3-6-28(35)38-29;1-2/h3,6-7,9,11,14,16-17,19,22,24,27H,4-5,8,10,12-13,15,18H2,1-2H3,(H,38,39,45);1-2H3/t19?,22?,24?,27-;/m0./s1. The van der Waals surface area contributed by atoms with Crippen LogP contribution in [0.15, 0.2) is 53.4 Å². The van der Waals surface area contributed by atoms with E-state index in [4.69, 9.17) is 17.8 Å². The number of pyridine rings is 1. The largest absolute Gasteiger partial charge is 0.329 e. The van der Waals surface area contributed by atoms with E-state index in [0.717, 1.165) is 29.8 Å². The number of amides is 2. The number of hydrogen-bond acceptors (Lipinski definition) is 7. The van der Waals surface area contributed by atoms with Crippen molar-refractivity contribution in [2.75, 3.05) is 11.9 Å². The molecule has 3 unspecified atom stereocenters. The van der Waals surface area contributed by atoms with Crippen LogP contribution >= 0.6 is 15.9 Å². The Labute approximate surface area is 285 Å². The van der Waals surface area contributed by atoms with E-state index in [-0.39, 0.29) is 24.1 Å². The predicted octanol–water partition coefficient (Wildman–Crippen LogP) is 6.62. The van der Waals surface area contributed by atoms with Gasteiger partial charge in [-0.05, 0) is 83.8 Å². The summed E-state index contributed by atoms with van der Waals surface area (Å²) in [6.45, 7) is 8.03. The summed E-state index contributed by atoms with van der Waals surface area (Å²) in [5.41, 5.74) is 2.66. The monoisotopic (exact) mass is 697 g/mol. The number of anilines is 1. The Bertz CT molecular complexity index is 1750. The van der Waals surface area contributed by atoms with Crippen LogP contribution in [0.2, 0.25) is 6.32 Å². The van der Waals surface area contributed by atoms with Crippen molar-refractivity contribution in [3.8, 4) is 11.1 Å². The lowest BCUT2D eigenvalue weighted by Crippen LogP contribution is -2.44. The van der Waals surface area contributed by atoms with Gasteiger partial charge in [0.15, 0.2) is 5.78 Å². The molecule has 6 rings (SSSR count). The number of likely N-dealkylation sites (tertiary alicyclic amines) is 1. The highest BCUT2D eigenvalue weighted by Crippen LogP contribution is 2.45. The fourth-order valence-corrected chi connectivity index (χ4v) is 6.81. The van der Waals surface area contributed by atoms with Gasteiger partial charge in [-0.1, -0.05) is 45.1 Å². The van der Waals surface area contributed by atoms with E-state index in [1.807, 2.05) is 44.4 Å². The van der Waals surface area contributed by atoms with Gasteiger partial charge in [-0.25, -0.2) is 15.0 Å². The maximum Gasteiger partial charge on any atom is 0.248 e. The van der Waals surface area contributed by atoms with E-state index >= 15 is 0 Å². The number of carbonyl (C=O) groups is 3. The second-order valence-corrected chi connectivity index (χ2v) is 13.0. The van der Waals surface area contributed by atoms with Crippen LogP contribution in [0.4, 0.5) is 5.82 Å². The molecule has 1 saturated carbocycles. The lowest BCUT2D eigenvalue weighted by Gasteiger charge is -2.37. The summed E-state index contributed by atoms with van der Waals surface area (Å²) in [4.78, 5) is 54.5. The van der Waals surface area contributed by atoms with Crippen molar-refractivity contribution in [3.05, 3.63) is 64.9 Å². The number of nitrogens with zero attached hydrogens (tertiary/aromatic N) is 6. The molecular weight excluding hydrogens is 657 g/mol. The summed E-state index contributed by atoms with van der Waals surface area (Å²) in [7, 11) is 5.84. The van der Waals surface area contributed by atoms with Gasteiger partial charge < -0.3 is 10.2 Å². The number of halogens is 1. The van der Waals surface area contributed by atoms with Gasteiger partial charge in [0.25, 0.3) is 0 Å². The second-order valence-electron chi connectivity index (χ2n) is 12.2. The van der Waals surface area contributed by atoms with Gasteiger partial charge in [0, 0.05) is 42.7 Å². The third kappa shape index (κ3) is 7.64. The van der Waals surface area contributed by atoms with Gasteiger partial charge >= 0.3 is 0 Å². The van der Waals surface area contributed by atoms with Crippen LogP contribution in [0.5, 0.6) is 0 Å². The molecule has 4 atom stereocenters. The molecule has 244 valence electrons. The first-order valence-corrected chi connectivity index (χ1v) is 17.3. The second kappa shape index (κ2) is 15.3. The van der Waals surface area contributed by atoms with Crippen molar-refractivity contribution in [1.82, 2.24) is 29.6 Å². The number of aromatic nitrogens is 5. The molecule has 10 nitrogen and oxygen atoms in total. The molecule has 47 heavy (non-hydrogen) atoms. The first-order valence-electron chi connectivity index (χ1n) is 16.5. The molecular formula is C35H41BBrN7O3. The highest BCUT2D eigenvalue weighted by Gasteiger charge is 2.36. The molecule has 2 radical (unpaired) electrons. The molecule has 2 amide bonds. The van der Waals surface area contributed by atoms with Crippen molar-refractivity contribution in [3.63, 3.8) is 0 Å². The van der Waals surface area contributed by atoms with Crippen LogP contribution in [0.25, 0.3) is 22.0 Å². The smallest absolute Gasteiger partial charge is 0.248 e. The van der Waals surface area contributed by atoms with Gasteiger partial charge in [0.1, 0.15) is 34.5 Å². The maximum atomic E-state index is 13.5. The molecule has 4 heterocycles. The molecule has 4 aromatic rings. The molecule has 1 N–H and O–H groups in total. The van der Waals surface area contributed by atoms with E-state index < -0.39 is 6.04 Å². The average Bonchev–Trinajstić information content (AvgIpc) is 3.70. The molecule has 1 aromatic carbocycles. The normalized spacial score (nSPS) is 19.4. The Morgan fingerprint density at radius 1 is 1.06 bits per heavy atom. The first-order chi connectivity index (χ1) is 22.7. The van der Waals surface area contributed by atoms with Crippen molar-refractivity contribution < 1.29 is 14.4 Å². The zero-order chi connectivity index (χ0) is 33.7. The van der Waals surface area contributed by atoms with Crippen LogP contribution in [-0.2, 0) is 16.1 Å². The number of fused-ring (bicyclic) bond motifs is 1. The molecule has 0 spiro atoms. The van der Waals surface area contributed by atoms with Crippen molar-refractivity contribution >= 4 is 58.1 Å². The summed E-state index contributed by atoms with van der Waals surface area (Å²) < 4.78 is 2.16. The third-order valence-corrected chi connectivity index (χ3v) is 9.51. The molecule has 1 saturated heterocycles. The van der Waals surface area contributed by atoms with E-state index in [9.17, 15) is 14.4 Å². The SMILES string of the molecule is CC.[B]CC(C)CC1CCC1c1ncc(-c2ccc3c(c2)c(C(C)=O)nn3CC(=O)N2CCC[C@H]2C(=O)Nc2cccc(Br)n2)cn1. The van der Waals surface area contributed by atoms with Gasteiger partial charge in [-0.15, -0.1) is 0 Å². The molecule has 12 heteroatoms. The minimum Gasteiger partial charge on any atom is -0.329 e. The van der Waals surface area contributed by atoms with Gasteiger partial charge in [-0.3, -0.25) is 19.1 Å². The Morgan fingerprint density at radius 3 is 2.49 bits per heavy atom. The Balaban J connectivity index is 0.00000213. The zero-order valence-corrected chi connectivity index (χ0v) is 29.0. The van der Waals surface area contributed by atoms with Crippen LogP contribution in [0.3, 0.4) is 0 Å². The average molecular weight is 698 g/mol. The minimum absolute atomic E-state index is 0.0921. The van der Waals surface area contributed by atoms with Crippen molar-refractivity contribution in [2.24, 2.45) is 11.8 Å².